The van der Waals surface area contributed by atoms with Gasteiger partial charge >= 0.3 is 5.69 Å². The fourth-order valence-electron chi connectivity index (χ4n) is 2.88. The maximum absolute atomic E-state index is 13.1. The van der Waals surface area contributed by atoms with Gasteiger partial charge in [-0.05, 0) is 32.4 Å². The Labute approximate surface area is 145 Å². The van der Waals surface area contributed by atoms with Crippen LogP contribution >= 0.6 is 0 Å². The minimum absolute atomic E-state index is 0.00282. The van der Waals surface area contributed by atoms with Crippen LogP contribution in [0.2, 0.25) is 0 Å². The minimum Gasteiger partial charge on any atom is -0.298 e. The molecule has 0 amide bonds. The molecule has 1 N–H and O–H groups in total. The Kier molecular flexibility index (Phi) is 5.51. The van der Waals surface area contributed by atoms with Crippen molar-refractivity contribution in [3.63, 3.8) is 0 Å². The second kappa shape index (κ2) is 7.42. The first kappa shape index (κ1) is 18.6. The largest absolute Gasteiger partial charge is 0.329 e. The van der Waals surface area contributed by atoms with E-state index in [0.29, 0.717) is 5.56 Å². The maximum atomic E-state index is 13.1. The predicted molar refractivity (Wildman–Crippen MR) is 95.3 cm³/mol. The molecule has 0 saturated heterocycles. The van der Waals surface area contributed by atoms with Crippen LogP contribution in [0.3, 0.4) is 0 Å². The van der Waals surface area contributed by atoms with E-state index >= 15 is 0 Å². The van der Waals surface area contributed by atoms with Crippen LogP contribution in [0.4, 0.5) is 0 Å². The normalized spacial score (nSPS) is 10.7. The molecule has 0 unspecified atom stereocenters. The maximum Gasteiger partial charge on any atom is 0.329 e. The van der Waals surface area contributed by atoms with Gasteiger partial charge in [0.15, 0.2) is 5.78 Å². The highest BCUT2D eigenvalue weighted by molar-refractivity contribution is 6.09. The highest BCUT2D eigenvalue weighted by atomic mass is 16.2. The number of Topliss-reactive ketones (excluding diaryl/α,β-unsaturated/α-hetero) is 1. The van der Waals surface area contributed by atoms with Crippen LogP contribution in [-0.4, -0.2) is 21.1 Å². The van der Waals surface area contributed by atoms with Crippen LogP contribution in [0.15, 0.2) is 27.8 Å². The quantitative estimate of drug-likeness (QED) is 0.812. The third-order valence-electron chi connectivity index (χ3n) is 4.08. The summed E-state index contributed by atoms with van der Waals surface area (Å²) in [6, 6.07) is 5.36. The predicted octanol–water partition coefficient (Wildman–Crippen LogP) is 1.93. The van der Waals surface area contributed by atoms with Crippen molar-refractivity contribution >= 4 is 11.6 Å². The van der Waals surface area contributed by atoms with Crippen molar-refractivity contribution in [2.75, 3.05) is 0 Å². The zero-order valence-electron chi connectivity index (χ0n) is 14.9. The van der Waals surface area contributed by atoms with Gasteiger partial charge in [-0.3, -0.25) is 23.9 Å². The van der Waals surface area contributed by atoms with E-state index in [9.17, 15) is 19.2 Å². The van der Waals surface area contributed by atoms with Crippen molar-refractivity contribution in [3.05, 3.63) is 67.0 Å². The van der Waals surface area contributed by atoms with Gasteiger partial charge in [0.05, 0.1) is 6.54 Å². The fourth-order valence-corrected chi connectivity index (χ4v) is 2.88. The van der Waals surface area contributed by atoms with E-state index in [1.165, 1.54) is 0 Å². The molecule has 0 aliphatic rings. The second-order valence-corrected chi connectivity index (χ2v) is 6.12. The molecule has 6 heteroatoms. The van der Waals surface area contributed by atoms with E-state index in [1.54, 1.807) is 26.0 Å². The number of H-pyrrole nitrogens is 1. The van der Waals surface area contributed by atoms with Crippen LogP contribution in [0.5, 0.6) is 0 Å². The molecule has 0 aliphatic heterocycles. The number of benzene rings is 1. The number of aryl methyl sites for hydroxylation is 2. The van der Waals surface area contributed by atoms with E-state index in [4.69, 9.17) is 0 Å². The van der Waals surface area contributed by atoms with Gasteiger partial charge in [-0.25, -0.2) is 4.79 Å². The molecule has 0 aliphatic carbocycles. The molecule has 132 valence electrons. The number of ketones is 2. The van der Waals surface area contributed by atoms with E-state index in [2.05, 4.69) is 4.98 Å². The molecule has 1 heterocycles. The van der Waals surface area contributed by atoms with E-state index in [-0.39, 0.29) is 36.4 Å². The molecule has 0 fully saturated rings. The van der Waals surface area contributed by atoms with Gasteiger partial charge in [-0.2, -0.15) is 0 Å². The molecule has 0 atom stereocenters. The lowest BCUT2D eigenvalue weighted by molar-refractivity contribution is -0.119. The third kappa shape index (κ3) is 3.84. The summed E-state index contributed by atoms with van der Waals surface area (Å²) in [5.74, 6) is -0.610. The summed E-state index contributed by atoms with van der Waals surface area (Å²) < 4.78 is 1.09. The summed E-state index contributed by atoms with van der Waals surface area (Å²) in [6.07, 6.45) is 0.520. The summed E-state index contributed by atoms with van der Waals surface area (Å²) in [5, 5.41) is 0. The molecule has 2 rings (SSSR count). The third-order valence-corrected chi connectivity index (χ3v) is 4.08. The topological polar surface area (TPSA) is 89.0 Å². The van der Waals surface area contributed by atoms with E-state index in [1.807, 2.05) is 19.9 Å². The van der Waals surface area contributed by atoms with Crippen molar-refractivity contribution in [1.29, 1.82) is 0 Å². The first-order chi connectivity index (χ1) is 11.8. The average Bonchev–Trinajstić information content (AvgIpc) is 2.55. The zero-order chi connectivity index (χ0) is 18.7. The lowest BCUT2D eigenvalue weighted by atomic mass is 9.99. The van der Waals surface area contributed by atoms with E-state index in [0.717, 1.165) is 15.7 Å². The van der Waals surface area contributed by atoms with Gasteiger partial charge in [-0.1, -0.05) is 31.0 Å². The molecule has 1 aromatic carbocycles. The Bertz CT molecular complexity index is 931. The molecule has 25 heavy (non-hydrogen) atoms. The van der Waals surface area contributed by atoms with Crippen molar-refractivity contribution in [3.8, 4) is 0 Å². The molecule has 1 aromatic heterocycles. The van der Waals surface area contributed by atoms with Gasteiger partial charge in [-0.15, -0.1) is 0 Å². The van der Waals surface area contributed by atoms with Gasteiger partial charge in [0, 0.05) is 17.5 Å². The van der Waals surface area contributed by atoms with Crippen LogP contribution in [-0.2, 0) is 17.8 Å². The zero-order valence-corrected chi connectivity index (χ0v) is 14.9. The molecule has 0 radical (unpaired) electrons. The first-order valence-electron chi connectivity index (χ1n) is 8.29. The summed E-state index contributed by atoms with van der Waals surface area (Å²) in [6.45, 7) is 6.93. The number of aromatic amines is 1. The Morgan fingerprint density at radius 2 is 1.64 bits per heavy atom. The van der Waals surface area contributed by atoms with Crippen molar-refractivity contribution < 1.29 is 9.59 Å². The van der Waals surface area contributed by atoms with Gasteiger partial charge in [0.1, 0.15) is 5.69 Å². The Hall–Kier alpha value is -2.76. The monoisotopic (exact) mass is 342 g/mol. The van der Waals surface area contributed by atoms with Crippen molar-refractivity contribution in [2.45, 2.75) is 47.1 Å². The van der Waals surface area contributed by atoms with Crippen LogP contribution < -0.4 is 11.2 Å². The SMILES string of the molecule is CCC(=O)Cn1c(C(=O)c2cc(C)cc(C)c2)c(CC)c(=O)[nH]c1=O. The van der Waals surface area contributed by atoms with Crippen LogP contribution in [0.1, 0.15) is 53.0 Å². The number of rotatable bonds is 6. The number of carbonyl (C=O) groups excluding carboxylic acids is 2. The molecule has 0 saturated carbocycles. The van der Waals surface area contributed by atoms with E-state index < -0.39 is 17.0 Å². The Balaban J connectivity index is 2.76. The van der Waals surface area contributed by atoms with Crippen molar-refractivity contribution in [1.82, 2.24) is 9.55 Å². The smallest absolute Gasteiger partial charge is 0.298 e. The Morgan fingerprint density at radius 1 is 1.04 bits per heavy atom. The lowest BCUT2D eigenvalue weighted by Gasteiger charge is -2.14. The highest BCUT2D eigenvalue weighted by Gasteiger charge is 2.23. The average molecular weight is 342 g/mol. The number of aromatic nitrogens is 2. The molecule has 2 aromatic rings. The summed E-state index contributed by atoms with van der Waals surface area (Å²) >= 11 is 0. The van der Waals surface area contributed by atoms with Crippen LogP contribution in [0, 0.1) is 13.8 Å². The number of nitrogens with one attached hydrogen (secondary N) is 1. The first-order valence-corrected chi connectivity index (χ1v) is 8.29. The second-order valence-electron chi connectivity index (χ2n) is 6.12. The number of nitrogens with zero attached hydrogens (tertiary/aromatic N) is 1. The molecular formula is C19H22N2O4. The minimum atomic E-state index is -0.739. The number of carbonyl (C=O) groups is 2. The fraction of sp³-hybridized carbons (Fsp3) is 0.368. The molecule has 6 nitrogen and oxygen atoms in total. The molecule has 0 spiro atoms. The number of hydrogen-bond acceptors (Lipinski definition) is 4. The van der Waals surface area contributed by atoms with Crippen LogP contribution in [0.25, 0.3) is 0 Å². The van der Waals surface area contributed by atoms with Gasteiger partial charge in [0.25, 0.3) is 5.56 Å². The summed E-state index contributed by atoms with van der Waals surface area (Å²) in [7, 11) is 0. The Morgan fingerprint density at radius 3 is 2.16 bits per heavy atom. The van der Waals surface area contributed by atoms with Crippen molar-refractivity contribution in [2.24, 2.45) is 0 Å². The van der Waals surface area contributed by atoms with Gasteiger partial charge in [0.2, 0.25) is 5.78 Å². The highest BCUT2D eigenvalue weighted by Crippen LogP contribution is 2.15. The lowest BCUT2D eigenvalue weighted by Crippen LogP contribution is -2.38. The standard InChI is InChI=1S/C19H22N2O4/c1-5-14(22)10-21-16(15(6-2)18(24)20-19(21)25)17(23)13-8-11(3)7-12(4)9-13/h7-9H,5-6,10H2,1-4H3,(H,20,24,25). The molecule has 0 bridgehead atoms. The summed E-state index contributed by atoms with van der Waals surface area (Å²) in [4.78, 5) is 51.6. The summed E-state index contributed by atoms with van der Waals surface area (Å²) in [5.41, 5.74) is 1.11. The van der Waals surface area contributed by atoms with Gasteiger partial charge < -0.3 is 0 Å². The molecular weight excluding hydrogens is 320 g/mol. The number of hydrogen-bond donors (Lipinski definition) is 1.